The summed E-state index contributed by atoms with van der Waals surface area (Å²) in [4.78, 5) is 0. The lowest BCUT2D eigenvalue weighted by atomic mass is 9.93. The number of benzene rings is 1. The molecule has 1 aromatic rings. The summed E-state index contributed by atoms with van der Waals surface area (Å²) in [5.74, 6) is 0.721. The largest absolute Gasteiger partial charge is 0.307 e. The fourth-order valence-electron chi connectivity index (χ4n) is 2.87. The van der Waals surface area contributed by atoms with Crippen LogP contribution >= 0.6 is 0 Å². The van der Waals surface area contributed by atoms with Crippen molar-refractivity contribution < 1.29 is 0 Å². The van der Waals surface area contributed by atoms with E-state index in [0.717, 1.165) is 5.92 Å². The van der Waals surface area contributed by atoms with Crippen molar-refractivity contribution >= 4 is 0 Å². The van der Waals surface area contributed by atoms with Gasteiger partial charge in [-0.2, -0.15) is 0 Å². The molecule has 0 aliphatic carbocycles. The summed E-state index contributed by atoms with van der Waals surface area (Å²) in [6.45, 7) is 15.8. The number of aryl methyl sites for hydroxylation is 3. The highest BCUT2D eigenvalue weighted by atomic mass is 14.9. The standard InChI is InChI=1S/C17H29N/c1-8-12(3)15(6)18-16(7)17-13(4)9-11(2)10-14(17)5/h9-10,12,15-16,18H,8H2,1-7H3. The summed E-state index contributed by atoms with van der Waals surface area (Å²) >= 11 is 0. The van der Waals surface area contributed by atoms with Gasteiger partial charge in [0.15, 0.2) is 0 Å². The van der Waals surface area contributed by atoms with E-state index in [4.69, 9.17) is 0 Å². The Morgan fingerprint density at radius 1 is 1.00 bits per heavy atom. The van der Waals surface area contributed by atoms with E-state index in [2.05, 4.69) is 65.9 Å². The third kappa shape index (κ3) is 3.58. The van der Waals surface area contributed by atoms with E-state index >= 15 is 0 Å². The minimum atomic E-state index is 0.426. The molecule has 1 rings (SSSR count). The molecule has 3 unspecified atom stereocenters. The SMILES string of the molecule is CCC(C)C(C)NC(C)c1c(C)cc(C)cc1C. The molecule has 0 aliphatic heterocycles. The second kappa shape index (κ2) is 6.38. The molecular weight excluding hydrogens is 218 g/mol. The van der Waals surface area contributed by atoms with Crippen molar-refractivity contribution in [1.29, 1.82) is 0 Å². The topological polar surface area (TPSA) is 12.0 Å². The lowest BCUT2D eigenvalue weighted by Gasteiger charge is -2.27. The zero-order valence-electron chi connectivity index (χ0n) is 13.1. The van der Waals surface area contributed by atoms with Crippen LogP contribution in [-0.4, -0.2) is 6.04 Å². The highest BCUT2D eigenvalue weighted by Crippen LogP contribution is 2.24. The highest BCUT2D eigenvalue weighted by Gasteiger charge is 2.16. The van der Waals surface area contributed by atoms with Gasteiger partial charge in [0.05, 0.1) is 0 Å². The summed E-state index contributed by atoms with van der Waals surface area (Å²) in [5, 5.41) is 3.75. The third-order valence-corrected chi connectivity index (χ3v) is 4.18. The van der Waals surface area contributed by atoms with Crippen molar-refractivity contribution in [2.45, 2.75) is 67.0 Å². The van der Waals surface area contributed by atoms with Crippen molar-refractivity contribution in [3.63, 3.8) is 0 Å². The maximum atomic E-state index is 3.75. The molecule has 0 aliphatic rings. The molecule has 0 saturated carbocycles. The van der Waals surface area contributed by atoms with Gasteiger partial charge in [0, 0.05) is 12.1 Å². The molecule has 3 atom stereocenters. The molecule has 102 valence electrons. The van der Waals surface area contributed by atoms with Crippen LogP contribution in [0.3, 0.4) is 0 Å². The minimum Gasteiger partial charge on any atom is -0.307 e. The van der Waals surface area contributed by atoms with E-state index < -0.39 is 0 Å². The van der Waals surface area contributed by atoms with Gasteiger partial charge < -0.3 is 5.32 Å². The van der Waals surface area contributed by atoms with Gasteiger partial charge in [0.2, 0.25) is 0 Å². The molecule has 1 heteroatoms. The Hall–Kier alpha value is -0.820. The first kappa shape index (κ1) is 15.2. The second-order valence-electron chi connectivity index (χ2n) is 5.87. The predicted molar refractivity (Wildman–Crippen MR) is 81.1 cm³/mol. The van der Waals surface area contributed by atoms with E-state index in [0.29, 0.717) is 12.1 Å². The molecule has 0 aromatic heterocycles. The van der Waals surface area contributed by atoms with Crippen molar-refractivity contribution in [1.82, 2.24) is 5.32 Å². The first-order chi connectivity index (χ1) is 8.36. The van der Waals surface area contributed by atoms with Gasteiger partial charge in [0.25, 0.3) is 0 Å². The van der Waals surface area contributed by atoms with Gasteiger partial charge in [-0.3, -0.25) is 0 Å². The molecule has 0 radical (unpaired) electrons. The lowest BCUT2D eigenvalue weighted by Crippen LogP contribution is -2.34. The zero-order valence-corrected chi connectivity index (χ0v) is 13.1. The summed E-state index contributed by atoms with van der Waals surface area (Å²) in [6.07, 6.45) is 1.23. The number of hydrogen-bond acceptors (Lipinski definition) is 1. The molecule has 1 aromatic carbocycles. The van der Waals surface area contributed by atoms with Crippen molar-refractivity contribution in [3.05, 3.63) is 34.4 Å². The smallest absolute Gasteiger partial charge is 0.0299 e. The summed E-state index contributed by atoms with van der Waals surface area (Å²) in [7, 11) is 0. The van der Waals surface area contributed by atoms with Crippen LogP contribution in [0.2, 0.25) is 0 Å². The van der Waals surface area contributed by atoms with Crippen LogP contribution in [0, 0.1) is 26.7 Å². The highest BCUT2D eigenvalue weighted by molar-refractivity contribution is 5.39. The molecule has 0 bridgehead atoms. The van der Waals surface area contributed by atoms with Gasteiger partial charge in [0.1, 0.15) is 0 Å². The van der Waals surface area contributed by atoms with E-state index in [1.807, 2.05) is 0 Å². The predicted octanol–water partition coefficient (Wildman–Crippen LogP) is 4.70. The normalized spacial score (nSPS) is 16.4. The number of rotatable bonds is 5. The first-order valence-electron chi connectivity index (χ1n) is 7.20. The Bertz CT molecular complexity index is 372. The third-order valence-electron chi connectivity index (χ3n) is 4.18. The summed E-state index contributed by atoms with van der Waals surface area (Å²) in [6, 6.07) is 5.56. The van der Waals surface area contributed by atoms with Crippen molar-refractivity contribution in [3.8, 4) is 0 Å². The molecular formula is C17H29N. The van der Waals surface area contributed by atoms with Gasteiger partial charge in [-0.25, -0.2) is 0 Å². The van der Waals surface area contributed by atoms with Gasteiger partial charge in [-0.05, 0) is 57.2 Å². The summed E-state index contributed by atoms with van der Waals surface area (Å²) in [5.41, 5.74) is 5.64. The average Bonchev–Trinajstić information content (AvgIpc) is 2.26. The van der Waals surface area contributed by atoms with Crippen LogP contribution in [0.5, 0.6) is 0 Å². The monoisotopic (exact) mass is 247 g/mol. The van der Waals surface area contributed by atoms with Gasteiger partial charge in [-0.15, -0.1) is 0 Å². The minimum absolute atomic E-state index is 0.426. The molecule has 18 heavy (non-hydrogen) atoms. The fraction of sp³-hybridized carbons (Fsp3) is 0.647. The van der Waals surface area contributed by atoms with Crippen LogP contribution in [0.25, 0.3) is 0 Å². The molecule has 0 amide bonds. The molecule has 1 nitrogen and oxygen atoms in total. The Balaban J connectivity index is 2.88. The van der Waals surface area contributed by atoms with Crippen LogP contribution in [-0.2, 0) is 0 Å². The molecule has 1 N–H and O–H groups in total. The van der Waals surface area contributed by atoms with Crippen molar-refractivity contribution in [2.24, 2.45) is 5.92 Å². The zero-order chi connectivity index (χ0) is 13.9. The quantitative estimate of drug-likeness (QED) is 0.795. The first-order valence-corrected chi connectivity index (χ1v) is 7.20. The fourth-order valence-corrected chi connectivity index (χ4v) is 2.87. The number of hydrogen-bond donors (Lipinski definition) is 1. The Kier molecular flexibility index (Phi) is 5.40. The van der Waals surface area contributed by atoms with Crippen LogP contribution in [0.15, 0.2) is 12.1 Å². The van der Waals surface area contributed by atoms with E-state index in [9.17, 15) is 0 Å². The Morgan fingerprint density at radius 3 is 1.94 bits per heavy atom. The van der Waals surface area contributed by atoms with Crippen molar-refractivity contribution in [2.75, 3.05) is 0 Å². The Labute approximate surface area is 113 Å². The van der Waals surface area contributed by atoms with E-state index in [-0.39, 0.29) is 0 Å². The molecule has 0 saturated heterocycles. The molecule has 0 spiro atoms. The Morgan fingerprint density at radius 2 is 1.50 bits per heavy atom. The molecule has 0 heterocycles. The van der Waals surface area contributed by atoms with Crippen LogP contribution < -0.4 is 5.32 Å². The maximum absolute atomic E-state index is 3.75. The van der Waals surface area contributed by atoms with E-state index in [1.165, 1.54) is 28.7 Å². The van der Waals surface area contributed by atoms with Gasteiger partial charge >= 0.3 is 0 Å². The second-order valence-corrected chi connectivity index (χ2v) is 5.87. The van der Waals surface area contributed by atoms with Crippen LogP contribution in [0.4, 0.5) is 0 Å². The lowest BCUT2D eigenvalue weighted by molar-refractivity contribution is 0.359. The average molecular weight is 247 g/mol. The van der Waals surface area contributed by atoms with E-state index in [1.54, 1.807) is 0 Å². The van der Waals surface area contributed by atoms with Gasteiger partial charge in [-0.1, -0.05) is 38.0 Å². The maximum Gasteiger partial charge on any atom is 0.0299 e. The molecule has 0 fully saturated rings. The summed E-state index contributed by atoms with van der Waals surface area (Å²) < 4.78 is 0. The number of nitrogens with one attached hydrogen (secondary N) is 1. The van der Waals surface area contributed by atoms with Crippen LogP contribution in [0.1, 0.15) is 62.4 Å².